The number of anilines is 2. The Bertz CT molecular complexity index is 761. The van der Waals surface area contributed by atoms with Gasteiger partial charge in [-0.15, -0.1) is 11.3 Å². The van der Waals surface area contributed by atoms with E-state index >= 15 is 0 Å². The molecule has 0 fully saturated rings. The highest BCUT2D eigenvalue weighted by Gasteiger charge is 2.16. The van der Waals surface area contributed by atoms with E-state index in [1.807, 2.05) is 18.4 Å². The molecule has 2 aromatic heterocycles. The summed E-state index contributed by atoms with van der Waals surface area (Å²) in [5, 5.41) is 7.37. The fraction of sp³-hybridized carbons (Fsp3) is 0.200. The van der Waals surface area contributed by atoms with E-state index in [9.17, 15) is 0 Å². The molecule has 0 saturated carbocycles. The van der Waals surface area contributed by atoms with Gasteiger partial charge in [-0.25, -0.2) is 4.98 Å². The normalized spacial score (nSPS) is 10.8. The molecule has 0 aliphatic heterocycles. The van der Waals surface area contributed by atoms with Crippen molar-refractivity contribution in [1.82, 2.24) is 9.36 Å². The molecule has 3 aromatic rings. The number of hydrogen-bond acceptors (Lipinski definition) is 6. The molecule has 6 heteroatoms. The van der Waals surface area contributed by atoms with Gasteiger partial charge < -0.3 is 11.1 Å². The van der Waals surface area contributed by atoms with E-state index in [4.69, 9.17) is 5.73 Å². The molecular weight excluding hydrogens is 300 g/mol. The van der Waals surface area contributed by atoms with Crippen LogP contribution in [0.1, 0.15) is 16.8 Å². The number of hydrogen-bond donors (Lipinski definition) is 2. The zero-order valence-corrected chi connectivity index (χ0v) is 13.5. The van der Waals surface area contributed by atoms with E-state index in [0.29, 0.717) is 5.82 Å². The predicted octanol–water partition coefficient (Wildman–Crippen LogP) is 4.08. The van der Waals surface area contributed by atoms with Gasteiger partial charge in [0.2, 0.25) is 0 Å². The number of aryl methyl sites for hydroxylation is 2. The van der Waals surface area contributed by atoms with Gasteiger partial charge in [0.05, 0.1) is 5.56 Å². The van der Waals surface area contributed by atoms with Crippen molar-refractivity contribution in [1.29, 1.82) is 0 Å². The summed E-state index contributed by atoms with van der Waals surface area (Å²) in [4.78, 5) is 4.51. The first-order valence-electron chi connectivity index (χ1n) is 6.61. The number of aromatic nitrogens is 2. The Balaban J connectivity index is 1.85. The fourth-order valence-corrected chi connectivity index (χ4v) is 3.71. The van der Waals surface area contributed by atoms with Crippen LogP contribution in [0.4, 0.5) is 10.8 Å². The summed E-state index contributed by atoms with van der Waals surface area (Å²) in [5.74, 6) is 0.543. The van der Waals surface area contributed by atoms with Gasteiger partial charge in [-0.1, -0.05) is 24.3 Å². The average molecular weight is 316 g/mol. The zero-order chi connectivity index (χ0) is 14.8. The lowest BCUT2D eigenvalue weighted by atomic mass is 10.1. The SMILES string of the molecule is Cc1csc(-c2c(N)nsc2NCc2ccccc2C)n1. The molecule has 0 aliphatic rings. The van der Waals surface area contributed by atoms with E-state index in [0.717, 1.165) is 27.8 Å². The highest BCUT2D eigenvalue weighted by molar-refractivity contribution is 7.15. The molecule has 0 amide bonds. The molecule has 108 valence electrons. The third-order valence-electron chi connectivity index (χ3n) is 3.25. The van der Waals surface area contributed by atoms with Crippen LogP contribution < -0.4 is 11.1 Å². The Morgan fingerprint density at radius 2 is 2.05 bits per heavy atom. The van der Waals surface area contributed by atoms with Crippen molar-refractivity contribution in [2.24, 2.45) is 0 Å². The highest BCUT2D eigenvalue weighted by atomic mass is 32.1. The van der Waals surface area contributed by atoms with E-state index in [1.165, 1.54) is 22.7 Å². The number of thiazole rings is 1. The molecule has 0 radical (unpaired) electrons. The van der Waals surface area contributed by atoms with E-state index in [2.05, 4.69) is 39.8 Å². The number of nitrogen functional groups attached to an aromatic ring is 1. The van der Waals surface area contributed by atoms with Crippen LogP contribution in [0, 0.1) is 13.8 Å². The van der Waals surface area contributed by atoms with Crippen LogP contribution in [0.2, 0.25) is 0 Å². The third kappa shape index (κ3) is 2.91. The molecule has 4 nitrogen and oxygen atoms in total. The molecule has 3 N–H and O–H groups in total. The Labute approximate surface area is 131 Å². The van der Waals surface area contributed by atoms with Gasteiger partial charge in [-0.2, -0.15) is 4.37 Å². The highest BCUT2D eigenvalue weighted by Crippen LogP contribution is 2.38. The molecule has 0 unspecified atom stereocenters. The van der Waals surface area contributed by atoms with Gasteiger partial charge >= 0.3 is 0 Å². The maximum Gasteiger partial charge on any atom is 0.149 e. The molecule has 21 heavy (non-hydrogen) atoms. The number of nitrogens with zero attached hydrogens (tertiary/aromatic N) is 2. The number of nitrogens with two attached hydrogens (primary N) is 1. The summed E-state index contributed by atoms with van der Waals surface area (Å²) >= 11 is 2.98. The van der Waals surface area contributed by atoms with Crippen molar-refractivity contribution < 1.29 is 0 Å². The smallest absolute Gasteiger partial charge is 0.149 e. The summed E-state index contributed by atoms with van der Waals surface area (Å²) in [7, 11) is 0. The van der Waals surface area contributed by atoms with Crippen LogP contribution in [0.3, 0.4) is 0 Å². The largest absolute Gasteiger partial charge is 0.382 e. The van der Waals surface area contributed by atoms with Crippen LogP contribution in [-0.2, 0) is 6.54 Å². The maximum atomic E-state index is 6.01. The Kier molecular flexibility index (Phi) is 3.90. The van der Waals surface area contributed by atoms with Gasteiger partial charge in [0.1, 0.15) is 15.8 Å². The average Bonchev–Trinajstić information content (AvgIpc) is 3.04. The second-order valence-corrected chi connectivity index (χ2v) is 6.48. The first-order valence-corrected chi connectivity index (χ1v) is 8.26. The molecule has 0 aliphatic carbocycles. The second kappa shape index (κ2) is 5.83. The fourth-order valence-electron chi connectivity index (χ4n) is 2.08. The number of rotatable bonds is 4. The summed E-state index contributed by atoms with van der Waals surface area (Å²) in [6.45, 7) is 4.85. The van der Waals surface area contributed by atoms with Crippen LogP contribution in [-0.4, -0.2) is 9.36 Å². The molecule has 1 aromatic carbocycles. The molecule has 3 rings (SSSR count). The molecule has 2 heterocycles. The van der Waals surface area contributed by atoms with Crippen molar-refractivity contribution in [3.63, 3.8) is 0 Å². The van der Waals surface area contributed by atoms with E-state index in [-0.39, 0.29) is 0 Å². The quantitative estimate of drug-likeness (QED) is 0.761. The third-order valence-corrected chi connectivity index (χ3v) is 5.05. The van der Waals surface area contributed by atoms with Gasteiger partial charge in [0.15, 0.2) is 0 Å². The Hall–Kier alpha value is -1.92. The molecule has 0 saturated heterocycles. The van der Waals surface area contributed by atoms with Crippen molar-refractivity contribution in [2.75, 3.05) is 11.1 Å². The van der Waals surface area contributed by atoms with E-state index in [1.54, 1.807) is 11.3 Å². The van der Waals surface area contributed by atoms with Gasteiger partial charge in [-0.3, -0.25) is 0 Å². The van der Waals surface area contributed by atoms with E-state index < -0.39 is 0 Å². The summed E-state index contributed by atoms with van der Waals surface area (Å²) in [6.07, 6.45) is 0. The van der Waals surface area contributed by atoms with Crippen LogP contribution >= 0.6 is 22.9 Å². The number of nitrogens with one attached hydrogen (secondary N) is 1. The monoisotopic (exact) mass is 316 g/mol. The predicted molar refractivity (Wildman–Crippen MR) is 90.9 cm³/mol. The lowest BCUT2D eigenvalue weighted by Crippen LogP contribution is -2.01. The van der Waals surface area contributed by atoms with Crippen LogP contribution in [0.5, 0.6) is 0 Å². The molecular formula is C15H16N4S2. The molecule has 0 spiro atoms. The minimum Gasteiger partial charge on any atom is -0.382 e. The number of benzene rings is 1. The Morgan fingerprint density at radius 1 is 1.24 bits per heavy atom. The van der Waals surface area contributed by atoms with Gasteiger partial charge in [0.25, 0.3) is 0 Å². The topological polar surface area (TPSA) is 63.8 Å². The summed E-state index contributed by atoms with van der Waals surface area (Å²) in [5.41, 5.74) is 10.5. The Morgan fingerprint density at radius 3 is 2.76 bits per heavy atom. The van der Waals surface area contributed by atoms with Crippen molar-refractivity contribution >= 4 is 33.7 Å². The maximum absolute atomic E-state index is 6.01. The lowest BCUT2D eigenvalue weighted by molar-refractivity contribution is 1.13. The minimum atomic E-state index is 0.543. The second-order valence-electron chi connectivity index (χ2n) is 4.85. The van der Waals surface area contributed by atoms with Gasteiger partial charge in [-0.05, 0) is 36.5 Å². The first-order chi connectivity index (χ1) is 10.1. The minimum absolute atomic E-state index is 0.543. The standard InChI is InChI=1S/C15H16N4S2/c1-9-5-3-4-6-11(9)7-17-14-12(13(16)19-21-14)15-18-10(2)8-20-15/h3-6,8,17H,7H2,1-2H3,(H2,16,19). The molecule has 0 atom stereocenters. The zero-order valence-electron chi connectivity index (χ0n) is 11.9. The first kappa shape index (κ1) is 14.0. The van der Waals surface area contributed by atoms with Crippen LogP contribution in [0.25, 0.3) is 10.6 Å². The van der Waals surface area contributed by atoms with Gasteiger partial charge in [0, 0.05) is 17.6 Å². The summed E-state index contributed by atoms with van der Waals surface area (Å²) < 4.78 is 4.26. The van der Waals surface area contributed by atoms with Crippen molar-refractivity contribution in [3.05, 3.63) is 46.5 Å². The summed E-state index contributed by atoms with van der Waals surface area (Å²) in [6, 6.07) is 8.34. The van der Waals surface area contributed by atoms with Crippen LogP contribution in [0.15, 0.2) is 29.6 Å². The molecule has 0 bridgehead atoms. The van der Waals surface area contributed by atoms with Crippen molar-refractivity contribution in [2.45, 2.75) is 20.4 Å². The van der Waals surface area contributed by atoms with Crippen molar-refractivity contribution in [3.8, 4) is 10.6 Å². The lowest BCUT2D eigenvalue weighted by Gasteiger charge is -2.08.